The summed E-state index contributed by atoms with van der Waals surface area (Å²) >= 11 is 1.52. The summed E-state index contributed by atoms with van der Waals surface area (Å²) in [6.45, 7) is 4.26. The number of allylic oxidation sites excluding steroid dienone is 1. The molecule has 1 aromatic heterocycles. The number of carbonyl (C=O) groups excluding carboxylic acids is 1. The first kappa shape index (κ1) is 14.1. The summed E-state index contributed by atoms with van der Waals surface area (Å²) in [6.07, 6.45) is 7.45. The number of nitrogens with zero attached hydrogens (tertiary/aromatic N) is 1. The van der Waals surface area contributed by atoms with Crippen molar-refractivity contribution in [1.29, 1.82) is 0 Å². The third-order valence-electron chi connectivity index (χ3n) is 2.51. The first-order chi connectivity index (χ1) is 8.27. The predicted molar refractivity (Wildman–Crippen MR) is 72.5 cm³/mol. The third kappa shape index (κ3) is 5.24. The molecule has 0 aliphatic carbocycles. The Bertz CT molecular complexity index is 360. The molecule has 0 aliphatic heterocycles. The molecular formula is C13H20N2OS. The monoisotopic (exact) mass is 252 g/mol. The van der Waals surface area contributed by atoms with Crippen LogP contribution in [0.1, 0.15) is 47.6 Å². The molecule has 0 fully saturated rings. The van der Waals surface area contributed by atoms with E-state index in [0.29, 0.717) is 18.7 Å². The molecule has 1 aromatic rings. The van der Waals surface area contributed by atoms with Crippen molar-refractivity contribution in [2.45, 2.75) is 38.5 Å². The molecule has 2 N–H and O–H groups in total. The summed E-state index contributed by atoms with van der Waals surface area (Å²) in [5.41, 5.74) is 6.06. The van der Waals surface area contributed by atoms with E-state index in [1.54, 1.807) is 0 Å². The Morgan fingerprint density at radius 1 is 1.47 bits per heavy atom. The zero-order valence-corrected chi connectivity index (χ0v) is 11.0. The number of Topliss-reactive ketones (excluding diaryl/α,β-unsaturated/α-hetero) is 1. The maximum absolute atomic E-state index is 11.8. The highest BCUT2D eigenvalue weighted by Crippen LogP contribution is 2.13. The van der Waals surface area contributed by atoms with Crippen LogP contribution in [0, 0.1) is 0 Å². The Balaban J connectivity index is 2.28. The van der Waals surface area contributed by atoms with Gasteiger partial charge in [-0.05, 0) is 25.8 Å². The molecule has 94 valence electrons. The Morgan fingerprint density at radius 2 is 2.29 bits per heavy atom. The summed E-state index contributed by atoms with van der Waals surface area (Å²) in [5, 5.41) is 2.80. The van der Waals surface area contributed by atoms with Crippen molar-refractivity contribution in [2.24, 2.45) is 5.73 Å². The van der Waals surface area contributed by atoms with E-state index in [0.717, 1.165) is 37.1 Å². The Labute approximate surface area is 107 Å². The molecule has 0 atom stereocenters. The van der Waals surface area contributed by atoms with Gasteiger partial charge in [0.05, 0.1) is 5.01 Å². The second-order valence-electron chi connectivity index (χ2n) is 3.98. The molecule has 0 aromatic carbocycles. The highest BCUT2D eigenvalue weighted by Gasteiger charge is 2.09. The smallest absolute Gasteiger partial charge is 0.182 e. The van der Waals surface area contributed by atoms with E-state index in [4.69, 9.17) is 5.73 Å². The number of rotatable bonds is 9. The number of nitrogens with two attached hydrogens (primary N) is 1. The number of aromatic nitrogens is 1. The SMILES string of the molecule is C=CCCCCCC(=O)c1csc(CCN)n1. The van der Waals surface area contributed by atoms with Gasteiger partial charge < -0.3 is 5.73 Å². The van der Waals surface area contributed by atoms with Gasteiger partial charge in [-0.1, -0.05) is 12.5 Å². The molecule has 0 saturated carbocycles. The van der Waals surface area contributed by atoms with E-state index in [1.807, 2.05) is 11.5 Å². The molecule has 4 heteroatoms. The fourth-order valence-corrected chi connectivity index (χ4v) is 2.37. The maximum atomic E-state index is 11.8. The van der Waals surface area contributed by atoms with Gasteiger partial charge in [-0.25, -0.2) is 4.98 Å². The van der Waals surface area contributed by atoms with Gasteiger partial charge in [0, 0.05) is 18.2 Å². The molecular weight excluding hydrogens is 232 g/mol. The van der Waals surface area contributed by atoms with Crippen molar-refractivity contribution >= 4 is 17.1 Å². The second kappa shape index (κ2) is 8.14. The minimum atomic E-state index is 0.156. The summed E-state index contributed by atoms with van der Waals surface area (Å²) in [7, 11) is 0. The maximum Gasteiger partial charge on any atom is 0.182 e. The van der Waals surface area contributed by atoms with Gasteiger partial charge >= 0.3 is 0 Å². The van der Waals surface area contributed by atoms with Crippen LogP contribution in [0.4, 0.5) is 0 Å². The van der Waals surface area contributed by atoms with Crippen molar-refractivity contribution < 1.29 is 4.79 Å². The van der Waals surface area contributed by atoms with Crippen LogP contribution in [0.15, 0.2) is 18.0 Å². The topological polar surface area (TPSA) is 56.0 Å². The van der Waals surface area contributed by atoms with Gasteiger partial charge in [-0.15, -0.1) is 17.9 Å². The van der Waals surface area contributed by atoms with Gasteiger partial charge in [0.1, 0.15) is 5.69 Å². The fraction of sp³-hybridized carbons (Fsp3) is 0.538. The van der Waals surface area contributed by atoms with Gasteiger partial charge in [0.15, 0.2) is 5.78 Å². The van der Waals surface area contributed by atoms with Crippen LogP contribution in [0.25, 0.3) is 0 Å². The largest absolute Gasteiger partial charge is 0.330 e. The van der Waals surface area contributed by atoms with Crippen molar-refractivity contribution in [3.05, 3.63) is 28.7 Å². The molecule has 0 amide bonds. The lowest BCUT2D eigenvalue weighted by Gasteiger charge is -1.97. The summed E-state index contributed by atoms with van der Waals surface area (Å²) in [5.74, 6) is 0.156. The van der Waals surface area contributed by atoms with Crippen LogP contribution >= 0.6 is 11.3 Å². The Hall–Kier alpha value is -1.00. The predicted octanol–water partition coefficient (Wildman–Crippen LogP) is 2.96. The number of hydrogen-bond donors (Lipinski definition) is 1. The molecule has 0 radical (unpaired) electrons. The van der Waals surface area contributed by atoms with Crippen LogP contribution in [-0.2, 0) is 6.42 Å². The van der Waals surface area contributed by atoms with Gasteiger partial charge in [-0.3, -0.25) is 4.79 Å². The van der Waals surface area contributed by atoms with Crippen LogP contribution in [0.2, 0.25) is 0 Å². The average molecular weight is 252 g/mol. The number of carbonyl (C=O) groups is 1. The highest BCUT2D eigenvalue weighted by atomic mass is 32.1. The van der Waals surface area contributed by atoms with Gasteiger partial charge in [-0.2, -0.15) is 0 Å². The fourth-order valence-electron chi connectivity index (χ4n) is 1.56. The number of hydrogen-bond acceptors (Lipinski definition) is 4. The molecule has 0 spiro atoms. The van der Waals surface area contributed by atoms with E-state index in [2.05, 4.69) is 11.6 Å². The van der Waals surface area contributed by atoms with Gasteiger partial charge in [0.25, 0.3) is 0 Å². The lowest BCUT2D eigenvalue weighted by atomic mass is 10.1. The molecule has 0 aliphatic rings. The van der Waals surface area contributed by atoms with Crippen LogP contribution < -0.4 is 5.73 Å². The van der Waals surface area contributed by atoms with E-state index >= 15 is 0 Å². The lowest BCUT2D eigenvalue weighted by Crippen LogP contribution is -2.04. The first-order valence-corrected chi connectivity index (χ1v) is 6.94. The van der Waals surface area contributed by atoms with E-state index in [-0.39, 0.29) is 5.78 Å². The lowest BCUT2D eigenvalue weighted by molar-refractivity contribution is 0.0975. The zero-order valence-electron chi connectivity index (χ0n) is 10.2. The molecule has 1 heterocycles. The number of unbranched alkanes of at least 4 members (excludes halogenated alkanes) is 3. The highest BCUT2D eigenvalue weighted by molar-refractivity contribution is 7.09. The zero-order chi connectivity index (χ0) is 12.5. The Kier molecular flexibility index (Phi) is 6.74. The normalized spacial score (nSPS) is 10.4. The van der Waals surface area contributed by atoms with Crippen LogP contribution in [-0.4, -0.2) is 17.3 Å². The average Bonchev–Trinajstić information content (AvgIpc) is 2.78. The van der Waals surface area contributed by atoms with Crippen molar-refractivity contribution in [3.8, 4) is 0 Å². The quantitative estimate of drug-likeness (QED) is 0.417. The molecule has 0 unspecified atom stereocenters. The number of thiazole rings is 1. The van der Waals surface area contributed by atoms with E-state index in [9.17, 15) is 4.79 Å². The minimum Gasteiger partial charge on any atom is -0.330 e. The van der Waals surface area contributed by atoms with Crippen molar-refractivity contribution in [2.75, 3.05) is 6.54 Å². The van der Waals surface area contributed by atoms with Crippen LogP contribution in [0.3, 0.4) is 0 Å². The second-order valence-corrected chi connectivity index (χ2v) is 4.92. The summed E-state index contributed by atoms with van der Waals surface area (Å²) in [4.78, 5) is 16.1. The molecule has 1 rings (SSSR count). The molecule has 17 heavy (non-hydrogen) atoms. The van der Waals surface area contributed by atoms with E-state index in [1.165, 1.54) is 11.3 Å². The van der Waals surface area contributed by atoms with Crippen molar-refractivity contribution in [1.82, 2.24) is 4.98 Å². The Morgan fingerprint density at radius 3 is 3.00 bits per heavy atom. The molecule has 0 bridgehead atoms. The summed E-state index contributed by atoms with van der Waals surface area (Å²) < 4.78 is 0. The summed E-state index contributed by atoms with van der Waals surface area (Å²) in [6, 6.07) is 0. The number of ketones is 1. The van der Waals surface area contributed by atoms with Gasteiger partial charge in [0.2, 0.25) is 0 Å². The molecule has 3 nitrogen and oxygen atoms in total. The minimum absolute atomic E-state index is 0.156. The van der Waals surface area contributed by atoms with Crippen molar-refractivity contribution in [3.63, 3.8) is 0 Å². The first-order valence-electron chi connectivity index (χ1n) is 6.06. The molecule has 0 saturated heterocycles. The van der Waals surface area contributed by atoms with Crippen LogP contribution in [0.5, 0.6) is 0 Å². The standard InChI is InChI=1S/C13H20N2OS/c1-2-3-4-5-6-7-12(16)11-10-17-13(15-11)8-9-14/h2,10H,1,3-9,14H2. The third-order valence-corrected chi connectivity index (χ3v) is 3.42. The van der Waals surface area contributed by atoms with E-state index < -0.39 is 0 Å².